The number of nitrogens with zero attached hydrogens (tertiary/aromatic N) is 2. The molecule has 5 nitrogen and oxygen atoms in total. The van der Waals surface area contributed by atoms with Crippen LogP contribution in [0.5, 0.6) is 5.75 Å². The summed E-state index contributed by atoms with van der Waals surface area (Å²) in [4.78, 5) is 12.7. The fourth-order valence-corrected chi connectivity index (χ4v) is 3.96. The van der Waals surface area contributed by atoms with Gasteiger partial charge in [0.1, 0.15) is 10.1 Å². The molecule has 2 aromatic carbocycles. The van der Waals surface area contributed by atoms with Crippen LogP contribution in [-0.4, -0.2) is 27.1 Å². The molecule has 0 spiro atoms. The highest BCUT2D eigenvalue weighted by atomic mass is 32.2. The molecule has 0 atom stereocenters. The Morgan fingerprint density at radius 3 is 2.57 bits per heavy atom. The van der Waals surface area contributed by atoms with Gasteiger partial charge in [-0.1, -0.05) is 54.3 Å². The number of thiocarbonyl (C=S) groups is 1. The van der Waals surface area contributed by atoms with Crippen LogP contribution in [0.25, 0.3) is 17.3 Å². The van der Waals surface area contributed by atoms with Crippen molar-refractivity contribution in [2.45, 2.75) is 6.54 Å². The first-order valence-electron chi connectivity index (χ1n) is 8.63. The maximum atomic E-state index is 12.1. The first kappa shape index (κ1) is 18.5. The third-order valence-corrected chi connectivity index (χ3v) is 5.43. The molecule has 1 aliphatic rings. The van der Waals surface area contributed by atoms with Crippen molar-refractivity contribution in [3.8, 4) is 17.0 Å². The fourth-order valence-electron chi connectivity index (χ4n) is 2.93. The van der Waals surface area contributed by atoms with Crippen molar-refractivity contribution < 1.29 is 9.53 Å². The molecule has 3 aromatic rings. The quantitative estimate of drug-likeness (QED) is 0.510. The van der Waals surface area contributed by atoms with Crippen molar-refractivity contribution in [2.75, 3.05) is 7.11 Å². The van der Waals surface area contributed by atoms with Gasteiger partial charge in [0.25, 0.3) is 5.91 Å². The standard InChI is InChI=1S/C21H17N3O2S2/c1-26-17-9-7-15(8-10-17)19-16(11-18-20(25)22-21(27)28-18)13-24(23-19)12-14-5-3-2-4-6-14/h2-11,13H,12H2,1H3,(H,22,25,27)/b18-11-. The third-order valence-electron chi connectivity index (χ3n) is 4.27. The van der Waals surface area contributed by atoms with E-state index in [-0.39, 0.29) is 5.91 Å². The van der Waals surface area contributed by atoms with Gasteiger partial charge in [-0.15, -0.1) is 0 Å². The van der Waals surface area contributed by atoms with Crippen LogP contribution >= 0.6 is 24.0 Å². The van der Waals surface area contributed by atoms with Crippen molar-refractivity contribution in [3.63, 3.8) is 0 Å². The van der Waals surface area contributed by atoms with E-state index >= 15 is 0 Å². The van der Waals surface area contributed by atoms with E-state index < -0.39 is 0 Å². The number of aromatic nitrogens is 2. The van der Waals surface area contributed by atoms with Gasteiger partial charge in [0.05, 0.1) is 24.3 Å². The first-order chi connectivity index (χ1) is 13.6. The summed E-state index contributed by atoms with van der Waals surface area (Å²) in [6.07, 6.45) is 3.79. The molecule has 0 saturated carbocycles. The SMILES string of the molecule is COc1ccc(-c2nn(Cc3ccccc3)cc2/C=C2\SC(=S)NC2=O)cc1. The lowest BCUT2D eigenvalue weighted by Gasteiger charge is -2.03. The molecule has 1 aromatic heterocycles. The van der Waals surface area contributed by atoms with Gasteiger partial charge in [0, 0.05) is 17.3 Å². The highest BCUT2D eigenvalue weighted by molar-refractivity contribution is 8.26. The highest BCUT2D eigenvalue weighted by Crippen LogP contribution is 2.31. The molecule has 7 heteroatoms. The molecule has 2 heterocycles. The number of rotatable bonds is 5. The number of methoxy groups -OCH3 is 1. The smallest absolute Gasteiger partial charge is 0.263 e. The average Bonchev–Trinajstić information content (AvgIpc) is 3.25. The van der Waals surface area contributed by atoms with Crippen LogP contribution in [0.3, 0.4) is 0 Å². The number of hydrogen-bond donors (Lipinski definition) is 1. The lowest BCUT2D eigenvalue weighted by molar-refractivity contribution is -0.115. The number of thioether (sulfide) groups is 1. The summed E-state index contributed by atoms with van der Waals surface area (Å²) < 4.78 is 7.60. The Balaban J connectivity index is 1.74. The van der Waals surface area contributed by atoms with Gasteiger partial charge in [-0.3, -0.25) is 9.48 Å². The van der Waals surface area contributed by atoms with E-state index in [4.69, 9.17) is 22.1 Å². The summed E-state index contributed by atoms with van der Waals surface area (Å²) in [5, 5.41) is 7.43. The van der Waals surface area contributed by atoms with Crippen molar-refractivity contribution >= 4 is 40.3 Å². The number of carbonyl (C=O) groups is 1. The fraction of sp³-hybridized carbons (Fsp3) is 0.0952. The number of carbonyl (C=O) groups excluding carboxylic acids is 1. The molecule has 140 valence electrons. The van der Waals surface area contributed by atoms with Crippen molar-refractivity contribution in [2.24, 2.45) is 0 Å². The molecule has 1 amide bonds. The van der Waals surface area contributed by atoms with E-state index in [1.807, 2.05) is 59.4 Å². The van der Waals surface area contributed by atoms with Crippen LogP contribution in [0.2, 0.25) is 0 Å². The number of benzene rings is 2. The van der Waals surface area contributed by atoms with Gasteiger partial charge >= 0.3 is 0 Å². The van der Waals surface area contributed by atoms with E-state index in [1.165, 1.54) is 11.8 Å². The Hall–Kier alpha value is -2.90. The second-order valence-electron chi connectivity index (χ2n) is 6.20. The predicted octanol–water partition coefficient (Wildman–Crippen LogP) is 4.10. The van der Waals surface area contributed by atoms with E-state index in [1.54, 1.807) is 7.11 Å². The number of ether oxygens (including phenoxy) is 1. The maximum absolute atomic E-state index is 12.1. The normalized spacial score (nSPS) is 15.1. The Kier molecular flexibility index (Phi) is 5.27. The highest BCUT2D eigenvalue weighted by Gasteiger charge is 2.23. The second kappa shape index (κ2) is 8.00. The van der Waals surface area contributed by atoms with Gasteiger partial charge in [0.15, 0.2) is 0 Å². The van der Waals surface area contributed by atoms with Crippen LogP contribution in [-0.2, 0) is 11.3 Å². The molecule has 1 aliphatic heterocycles. The topological polar surface area (TPSA) is 56.1 Å². The van der Waals surface area contributed by atoms with Crippen LogP contribution in [0.1, 0.15) is 11.1 Å². The Morgan fingerprint density at radius 1 is 1.18 bits per heavy atom. The summed E-state index contributed by atoms with van der Waals surface area (Å²) in [6, 6.07) is 17.8. The lowest BCUT2D eigenvalue weighted by atomic mass is 10.1. The summed E-state index contributed by atoms with van der Waals surface area (Å²) in [5.74, 6) is 0.606. The Morgan fingerprint density at radius 2 is 1.93 bits per heavy atom. The van der Waals surface area contributed by atoms with E-state index in [2.05, 4.69) is 17.4 Å². The first-order valence-corrected chi connectivity index (χ1v) is 9.85. The molecule has 0 radical (unpaired) electrons. The van der Waals surface area contributed by atoms with E-state index in [9.17, 15) is 4.79 Å². The van der Waals surface area contributed by atoms with E-state index in [0.717, 1.165) is 28.1 Å². The monoisotopic (exact) mass is 407 g/mol. The zero-order chi connectivity index (χ0) is 19.5. The molecule has 1 saturated heterocycles. The largest absolute Gasteiger partial charge is 0.497 e. The summed E-state index contributed by atoms with van der Waals surface area (Å²) in [6.45, 7) is 0.644. The van der Waals surface area contributed by atoms with Crippen LogP contribution in [0.4, 0.5) is 0 Å². The van der Waals surface area contributed by atoms with Gasteiger partial charge in [-0.05, 0) is 35.9 Å². The van der Waals surface area contributed by atoms with Gasteiger partial charge in [0.2, 0.25) is 0 Å². The Bertz CT molecular complexity index is 1060. The molecule has 0 unspecified atom stereocenters. The van der Waals surface area contributed by atoms with Gasteiger partial charge in [-0.25, -0.2) is 0 Å². The zero-order valence-corrected chi connectivity index (χ0v) is 16.7. The molecular formula is C21H17N3O2S2. The predicted molar refractivity (Wildman–Crippen MR) is 116 cm³/mol. The lowest BCUT2D eigenvalue weighted by Crippen LogP contribution is -2.17. The minimum atomic E-state index is -0.175. The molecule has 1 N–H and O–H groups in total. The van der Waals surface area contributed by atoms with E-state index in [0.29, 0.717) is 15.8 Å². The van der Waals surface area contributed by atoms with Crippen molar-refractivity contribution in [1.29, 1.82) is 0 Å². The summed E-state index contributed by atoms with van der Waals surface area (Å²) >= 11 is 6.36. The van der Waals surface area contributed by atoms with Gasteiger partial charge in [-0.2, -0.15) is 5.10 Å². The van der Waals surface area contributed by atoms with Gasteiger partial charge < -0.3 is 10.1 Å². The molecule has 28 heavy (non-hydrogen) atoms. The van der Waals surface area contributed by atoms with Crippen molar-refractivity contribution in [1.82, 2.24) is 15.1 Å². The van der Waals surface area contributed by atoms with Crippen LogP contribution < -0.4 is 10.1 Å². The molecular weight excluding hydrogens is 390 g/mol. The molecule has 4 rings (SSSR count). The molecule has 1 fully saturated rings. The summed E-state index contributed by atoms with van der Waals surface area (Å²) in [5.41, 5.74) is 3.77. The number of hydrogen-bond acceptors (Lipinski definition) is 5. The van der Waals surface area contributed by atoms with Crippen LogP contribution in [0, 0.1) is 0 Å². The zero-order valence-electron chi connectivity index (χ0n) is 15.1. The Labute approximate surface area is 172 Å². The van der Waals surface area contributed by atoms with Crippen molar-refractivity contribution in [3.05, 3.63) is 76.8 Å². The minimum absolute atomic E-state index is 0.175. The summed E-state index contributed by atoms with van der Waals surface area (Å²) in [7, 11) is 1.64. The maximum Gasteiger partial charge on any atom is 0.263 e. The minimum Gasteiger partial charge on any atom is -0.497 e. The second-order valence-corrected chi connectivity index (χ2v) is 7.92. The molecule has 0 bridgehead atoms. The third kappa shape index (κ3) is 4.00. The number of amides is 1. The van der Waals surface area contributed by atoms with Crippen LogP contribution in [0.15, 0.2) is 65.7 Å². The molecule has 0 aliphatic carbocycles. The average molecular weight is 408 g/mol. The number of nitrogens with one attached hydrogen (secondary N) is 1.